The van der Waals surface area contributed by atoms with Crippen LogP contribution >= 0.6 is 0 Å². The van der Waals surface area contributed by atoms with Crippen molar-refractivity contribution in [2.45, 2.75) is 25.8 Å². The van der Waals surface area contributed by atoms with Crippen LogP contribution in [0.25, 0.3) is 5.69 Å². The first-order valence-corrected chi connectivity index (χ1v) is 10.0. The summed E-state index contributed by atoms with van der Waals surface area (Å²) in [6.45, 7) is 1.19. The minimum atomic E-state index is -0.886. The third-order valence-electron chi connectivity index (χ3n) is 4.90. The molecule has 1 aliphatic rings. The van der Waals surface area contributed by atoms with Gasteiger partial charge in [0.1, 0.15) is 11.4 Å². The zero-order valence-electron chi connectivity index (χ0n) is 17.2. The number of aromatic amines is 1. The minimum absolute atomic E-state index is 0.00571. The average Bonchev–Trinajstić information content (AvgIpc) is 3.50. The van der Waals surface area contributed by atoms with E-state index in [4.69, 9.17) is 15.2 Å². The summed E-state index contributed by atoms with van der Waals surface area (Å²) >= 11 is 0. The Balaban J connectivity index is 1.62. The normalized spacial score (nSPS) is 13.0. The highest BCUT2D eigenvalue weighted by Crippen LogP contribution is 2.35. The number of carbonyl (C=O) groups is 2. The summed E-state index contributed by atoms with van der Waals surface area (Å²) in [5.74, 6) is -1.64. The molecule has 0 amide bonds. The van der Waals surface area contributed by atoms with Gasteiger partial charge in [-0.25, -0.2) is 14.3 Å². The number of rotatable bonds is 8. The number of ether oxygens (including phenoxy) is 2. The quantitative estimate of drug-likeness (QED) is 0.391. The van der Waals surface area contributed by atoms with Gasteiger partial charge in [-0.05, 0) is 31.9 Å². The Morgan fingerprint density at radius 1 is 1.22 bits per heavy atom. The maximum absolute atomic E-state index is 12.8. The van der Waals surface area contributed by atoms with E-state index in [-0.39, 0.29) is 35.5 Å². The molecule has 166 valence electrons. The van der Waals surface area contributed by atoms with Gasteiger partial charge in [0.2, 0.25) is 11.5 Å². The maximum atomic E-state index is 12.8. The van der Waals surface area contributed by atoms with E-state index in [0.717, 1.165) is 12.8 Å². The zero-order valence-corrected chi connectivity index (χ0v) is 17.2. The zero-order chi connectivity index (χ0) is 22.8. The number of para-hydroxylation sites is 1. The number of H-pyrrole nitrogens is 1. The van der Waals surface area contributed by atoms with Gasteiger partial charge in [0.25, 0.3) is 5.56 Å². The highest BCUT2D eigenvalue weighted by Gasteiger charge is 2.30. The SMILES string of the molecule is CCOC(=O)c1nn(-c2ccccc2)cc1OCC(=O)c1c(N)n(C2CC2)c(=O)[nH]c1=O. The fourth-order valence-electron chi connectivity index (χ4n) is 3.26. The number of hydrogen-bond donors (Lipinski definition) is 2. The summed E-state index contributed by atoms with van der Waals surface area (Å²) in [5.41, 5.74) is 4.62. The van der Waals surface area contributed by atoms with Gasteiger partial charge in [-0.3, -0.25) is 19.1 Å². The van der Waals surface area contributed by atoms with E-state index in [1.807, 2.05) is 6.07 Å². The third-order valence-corrected chi connectivity index (χ3v) is 4.90. The highest BCUT2D eigenvalue weighted by molar-refractivity contribution is 6.01. The lowest BCUT2D eigenvalue weighted by Crippen LogP contribution is -2.37. The standard InChI is InChI=1S/C21H21N5O6/c1-2-31-20(29)17-15(10-25(24-17)12-6-4-3-5-7-12)32-11-14(27)16-18(22)26(13-8-9-13)21(30)23-19(16)28/h3-7,10,13H,2,8-9,11,22H2,1H3,(H,23,28,30). The van der Waals surface area contributed by atoms with Crippen LogP contribution in [0.3, 0.4) is 0 Å². The van der Waals surface area contributed by atoms with Crippen LogP contribution in [0.2, 0.25) is 0 Å². The lowest BCUT2D eigenvalue weighted by Gasteiger charge is -2.11. The Kier molecular flexibility index (Phi) is 5.63. The highest BCUT2D eigenvalue weighted by atomic mass is 16.5. The number of nitrogens with two attached hydrogens (primary N) is 1. The van der Waals surface area contributed by atoms with Gasteiger partial charge in [-0.15, -0.1) is 0 Å². The molecule has 32 heavy (non-hydrogen) atoms. The van der Waals surface area contributed by atoms with E-state index < -0.39 is 29.6 Å². The van der Waals surface area contributed by atoms with Gasteiger partial charge in [-0.1, -0.05) is 18.2 Å². The van der Waals surface area contributed by atoms with Crippen molar-refractivity contribution in [1.29, 1.82) is 0 Å². The number of carbonyl (C=O) groups excluding carboxylic acids is 2. The molecule has 11 nitrogen and oxygen atoms in total. The Bertz CT molecular complexity index is 1290. The topological polar surface area (TPSA) is 151 Å². The number of benzene rings is 1. The van der Waals surface area contributed by atoms with Crippen molar-refractivity contribution < 1.29 is 19.1 Å². The van der Waals surface area contributed by atoms with Gasteiger partial charge in [0.05, 0.1) is 18.5 Å². The largest absolute Gasteiger partial charge is 0.481 e. The molecule has 3 aromatic rings. The van der Waals surface area contributed by atoms with Crippen LogP contribution < -0.4 is 21.7 Å². The summed E-state index contributed by atoms with van der Waals surface area (Å²) in [4.78, 5) is 51.5. The first kappa shape index (κ1) is 21.1. The first-order valence-electron chi connectivity index (χ1n) is 10.0. The second kappa shape index (κ2) is 8.53. The molecule has 2 aromatic heterocycles. The molecule has 3 N–H and O–H groups in total. The van der Waals surface area contributed by atoms with E-state index in [9.17, 15) is 19.2 Å². The molecule has 0 spiro atoms. The van der Waals surface area contributed by atoms with Crippen molar-refractivity contribution in [2.24, 2.45) is 0 Å². The van der Waals surface area contributed by atoms with Crippen molar-refractivity contribution in [1.82, 2.24) is 19.3 Å². The van der Waals surface area contributed by atoms with Crippen LogP contribution in [0.15, 0.2) is 46.1 Å². The summed E-state index contributed by atoms with van der Waals surface area (Å²) < 4.78 is 13.2. The molecule has 0 bridgehead atoms. The number of nitrogen functional groups attached to an aromatic ring is 1. The first-order chi connectivity index (χ1) is 15.4. The van der Waals surface area contributed by atoms with Gasteiger partial charge in [0.15, 0.2) is 12.4 Å². The molecule has 1 fully saturated rings. The van der Waals surface area contributed by atoms with E-state index in [1.54, 1.807) is 31.2 Å². The number of nitrogens with one attached hydrogen (secondary N) is 1. The van der Waals surface area contributed by atoms with Crippen LogP contribution in [0.5, 0.6) is 5.75 Å². The molecular formula is C21H21N5O6. The number of nitrogens with zero attached hydrogens (tertiary/aromatic N) is 3. The van der Waals surface area contributed by atoms with Crippen LogP contribution in [-0.4, -0.2) is 44.3 Å². The Morgan fingerprint density at radius 2 is 1.94 bits per heavy atom. The maximum Gasteiger partial charge on any atom is 0.362 e. The minimum Gasteiger partial charge on any atom is -0.481 e. The number of ketones is 1. The predicted octanol–water partition coefficient (Wildman–Crippen LogP) is 1.08. The van der Waals surface area contributed by atoms with Crippen molar-refractivity contribution in [3.05, 3.63) is 68.6 Å². The summed E-state index contributed by atoms with van der Waals surface area (Å²) in [6.07, 6.45) is 2.91. The number of anilines is 1. The summed E-state index contributed by atoms with van der Waals surface area (Å²) in [5, 5.41) is 4.21. The molecule has 0 saturated heterocycles. The van der Waals surface area contributed by atoms with E-state index in [0.29, 0.717) is 5.69 Å². The monoisotopic (exact) mass is 439 g/mol. The third kappa shape index (κ3) is 4.04. The Morgan fingerprint density at radius 3 is 2.59 bits per heavy atom. The van der Waals surface area contributed by atoms with E-state index in [2.05, 4.69) is 10.1 Å². The number of aromatic nitrogens is 4. The smallest absolute Gasteiger partial charge is 0.362 e. The van der Waals surface area contributed by atoms with Gasteiger partial charge >= 0.3 is 11.7 Å². The fourth-order valence-corrected chi connectivity index (χ4v) is 3.26. The second-order valence-corrected chi connectivity index (χ2v) is 7.18. The van der Waals surface area contributed by atoms with Crippen molar-refractivity contribution >= 4 is 17.6 Å². The van der Waals surface area contributed by atoms with Crippen molar-refractivity contribution in [2.75, 3.05) is 18.9 Å². The van der Waals surface area contributed by atoms with Crippen molar-refractivity contribution in [3.8, 4) is 11.4 Å². The average molecular weight is 439 g/mol. The molecule has 1 aromatic carbocycles. The Labute approximate surface area is 181 Å². The molecule has 11 heteroatoms. The van der Waals surface area contributed by atoms with Gasteiger partial charge < -0.3 is 15.2 Å². The number of Topliss-reactive ketones (excluding diaryl/α,β-unsaturated/α-hetero) is 1. The van der Waals surface area contributed by atoms with E-state index in [1.165, 1.54) is 15.4 Å². The summed E-state index contributed by atoms with van der Waals surface area (Å²) in [6, 6.07) is 8.85. The van der Waals surface area contributed by atoms with Crippen molar-refractivity contribution in [3.63, 3.8) is 0 Å². The number of esters is 1. The molecule has 4 rings (SSSR count). The van der Waals surface area contributed by atoms with Crippen LogP contribution in [-0.2, 0) is 4.74 Å². The predicted molar refractivity (Wildman–Crippen MR) is 113 cm³/mol. The molecule has 0 unspecified atom stereocenters. The molecule has 0 atom stereocenters. The van der Waals surface area contributed by atoms with Crippen LogP contribution in [0.4, 0.5) is 5.82 Å². The van der Waals surface area contributed by atoms with Crippen LogP contribution in [0, 0.1) is 0 Å². The molecule has 1 saturated carbocycles. The molecule has 1 aliphatic carbocycles. The fraction of sp³-hybridized carbons (Fsp3) is 0.286. The Hall–Kier alpha value is -4.15. The molecule has 2 heterocycles. The van der Waals surface area contributed by atoms with Gasteiger partial charge in [-0.2, -0.15) is 5.10 Å². The lowest BCUT2D eigenvalue weighted by atomic mass is 10.2. The molecular weight excluding hydrogens is 418 g/mol. The molecule has 0 radical (unpaired) electrons. The molecule has 0 aliphatic heterocycles. The van der Waals surface area contributed by atoms with Crippen LogP contribution in [0.1, 0.15) is 46.7 Å². The second-order valence-electron chi connectivity index (χ2n) is 7.18. The van der Waals surface area contributed by atoms with E-state index >= 15 is 0 Å². The lowest BCUT2D eigenvalue weighted by molar-refractivity contribution is 0.0513. The summed E-state index contributed by atoms with van der Waals surface area (Å²) in [7, 11) is 0. The number of hydrogen-bond acceptors (Lipinski definition) is 8. The van der Waals surface area contributed by atoms with Gasteiger partial charge in [0, 0.05) is 6.04 Å².